The van der Waals surface area contributed by atoms with Crippen LogP contribution in [0.15, 0.2) is 0 Å². The molecule has 1 aromatic rings. The predicted octanol–water partition coefficient (Wildman–Crippen LogP) is 1.77. The lowest BCUT2D eigenvalue weighted by molar-refractivity contribution is -0.142. The van der Waals surface area contributed by atoms with E-state index >= 15 is 0 Å². The summed E-state index contributed by atoms with van der Waals surface area (Å²) in [6.45, 7) is 1.68. The Hall–Kier alpha value is -1.20. The van der Waals surface area contributed by atoms with Crippen LogP contribution in [0.2, 0.25) is 0 Å². The van der Waals surface area contributed by atoms with Crippen LogP contribution in [0.4, 0.5) is 13.2 Å². The average Bonchev–Trinajstić information content (AvgIpc) is 2.15. The molecule has 0 fully saturated rings. The van der Waals surface area contributed by atoms with E-state index in [4.69, 9.17) is 0 Å². The molecule has 0 spiro atoms. The Kier molecular flexibility index (Phi) is 2.23. The third kappa shape index (κ3) is 2.13. The minimum atomic E-state index is -4.31. The number of alkyl halides is 3. The van der Waals surface area contributed by atoms with Gasteiger partial charge in [0.1, 0.15) is 12.2 Å². The fraction of sp³-hybridized carbons (Fsp3) is 0.571. The zero-order valence-corrected chi connectivity index (χ0v) is 7.18. The van der Waals surface area contributed by atoms with E-state index in [1.54, 1.807) is 0 Å². The van der Waals surface area contributed by atoms with Crippen molar-refractivity contribution in [2.75, 3.05) is 0 Å². The first-order valence-corrected chi connectivity index (χ1v) is 3.61. The minimum absolute atomic E-state index is 0.134. The molecule has 0 radical (unpaired) electrons. The SMILES string of the molecule is Cc1nn(CC(F)(F)F)c(C)c1O. The number of aryl methyl sites for hydroxylation is 1. The Morgan fingerprint density at radius 1 is 1.38 bits per heavy atom. The van der Waals surface area contributed by atoms with E-state index in [0.717, 1.165) is 4.68 Å². The fourth-order valence-electron chi connectivity index (χ4n) is 1.01. The summed E-state index contributed by atoms with van der Waals surface area (Å²) in [6, 6.07) is 0. The summed E-state index contributed by atoms with van der Waals surface area (Å²) in [5.74, 6) is -0.177. The van der Waals surface area contributed by atoms with Crippen LogP contribution in [0.1, 0.15) is 11.4 Å². The van der Waals surface area contributed by atoms with Crippen LogP contribution in [-0.4, -0.2) is 21.1 Å². The first-order chi connectivity index (χ1) is 5.81. The second kappa shape index (κ2) is 2.93. The van der Waals surface area contributed by atoms with Gasteiger partial charge in [-0.15, -0.1) is 0 Å². The summed E-state index contributed by atoms with van der Waals surface area (Å²) in [5, 5.41) is 12.7. The number of halogens is 3. The van der Waals surface area contributed by atoms with Crippen LogP contribution in [0.3, 0.4) is 0 Å². The van der Waals surface area contributed by atoms with Gasteiger partial charge in [0.05, 0.1) is 5.69 Å². The third-order valence-electron chi connectivity index (χ3n) is 1.67. The maximum absolute atomic E-state index is 11.9. The quantitative estimate of drug-likeness (QED) is 0.739. The second-order valence-electron chi connectivity index (χ2n) is 2.79. The van der Waals surface area contributed by atoms with Crippen LogP contribution in [0.5, 0.6) is 5.75 Å². The van der Waals surface area contributed by atoms with Gasteiger partial charge in [0.15, 0.2) is 5.75 Å². The Labute approximate surface area is 72.8 Å². The monoisotopic (exact) mass is 194 g/mol. The highest BCUT2D eigenvalue weighted by molar-refractivity contribution is 5.29. The van der Waals surface area contributed by atoms with Gasteiger partial charge < -0.3 is 5.11 Å². The van der Waals surface area contributed by atoms with Crippen molar-refractivity contribution in [1.29, 1.82) is 0 Å². The van der Waals surface area contributed by atoms with Gasteiger partial charge in [-0.2, -0.15) is 18.3 Å². The molecule has 74 valence electrons. The van der Waals surface area contributed by atoms with E-state index in [1.165, 1.54) is 13.8 Å². The van der Waals surface area contributed by atoms with Crippen molar-refractivity contribution in [3.8, 4) is 5.75 Å². The summed E-state index contributed by atoms with van der Waals surface area (Å²) in [7, 11) is 0. The van der Waals surface area contributed by atoms with E-state index < -0.39 is 12.7 Å². The van der Waals surface area contributed by atoms with Crippen molar-refractivity contribution >= 4 is 0 Å². The molecule has 1 heterocycles. The van der Waals surface area contributed by atoms with Crippen LogP contribution in [0, 0.1) is 13.8 Å². The molecule has 0 aliphatic rings. The van der Waals surface area contributed by atoms with Crippen LogP contribution < -0.4 is 0 Å². The van der Waals surface area contributed by atoms with E-state index in [9.17, 15) is 18.3 Å². The molecule has 0 bridgehead atoms. The van der Waals surface area contributed by atoms with Crippen molar-refractivity contribution in [3.05, 3.63) is 11.4 Å². The lowest BCUT2D eigenvalue weighted by Crippen LogP contribution is -2.19. The minimum Gasteiger partial charge on any atom is -0.504 e. The fourth-order valence-corrected chi connectivity index (χ4v) is 1.01. The van der Waals surface area contributed by atoms with Crippen LogP contribution in [0.25, 0.3) is 0 Å². The number of hydrogen-bond acceptors (Lipinski definition) is 2. The lowest BCUT2D eigenvalue weighted by Gasteiger charge is -2.07. The third-order valence-corrected chi connectivity index (χ3v) is 1.67. The second-order valence-corrected chi connectivity index (χ2v) is 2.79. The Bertz CT molecular complexity index is 316. The largest absolute Gasteiger partial charge is 0.504 e. The Balaban J connectivity index is 2.97. The average molecular weight is 194 g/mol. The molecular formula is C7H9F3N2O. The normalized spacial score (nSPS) is 12.1. The number of nitrogens with zero attached hydrogens (tertiary/aromatic N) is 2. The molecule has 0 aliphatic heterocycles. The Morgan fingerprint density at radius 2 is 1.92 bits per heavy atom. The maximum atomic E-state index is 11.9. The van der Waals surface area contributed by atoms with E-state index in [-0.39, 0.29) is 17.1 Å². The highest BCUT2D eigenvalue weighted by Crippen LogP contribution is 2.24. The van der Waals surface area contributed by atoms with Crippen LogP contribution in [-0.2, 0) is 6.54 Å². The summed E-state index contributed by atoms with van der Waals surface area (Å²) in [4.78, 5) is 0. The molecular weight excluding hydrogens is 185 g/mol. The molecule has 13 heavy (non-hydrogen) atoms. The molecule has 3 nitrogen and oxygen atoms in total. The molecule has 0 saturated carbocycles. The van der Waals surface area contributed by atoms with E-state index in [0.29, 0.717) is 0 Å². The molecule has 6 heteroatoms. The van der Waals surface area contributed by atoms with Gasteiger partial charge in [0.2, 0.25) is 0 Å². The highest BCUT2D eigenvalue weighted by Gasteiger charge is 2.29. The number of aromatic hydroxyl groups is 1. The molecule has 0 aromatic carbocycles. The van der Waals surface area contributed by atoms with Crippen molar-refractivity contribution in [2.45, 2.75) is 26.6 Å². The van der Waals surface area contributed by atoms with Gasteiger partial charge in [-0.05, 0) is 13.8 Å². The Morgan fingerprint density at radius 3 is 2.23 bits per heavy atom. The smallest absolute Gasteiger partial charge is 0.408 e. The van der Waals surface area contributed by atoms with Gasteiger partial charge in [-0.1, -0.05) is 0 Å². The van der Waals surface area contributed by atoms with Crippen LogP contribution >= 0.6 is 0 Å². The number of rotatable bonds is 1. The zero-order chi connectivity index (χ0) is 10.2. The molecule has 1 rings (SSSR count). The topological polar surface area (TPSA) is 38.0 Å². The summed E-state index contributed by atoms with van der Waals surface area (Å²) in [6.07, 6.45) is -4.31. The molecule has 1 N–H and O–H groups in total. The highest BCUT2D eigenvalue weighted by atomic mass is 19.4. The van der Waals surface area contributed by atoms with Crippen molar-refractivity contribution in [3.63, 3.8) is 0 Å². The lowest BCUT2D eigenvalue weighted by atomic mass is 10.3. The summed E-state index contributed by atoms with van der Waals surface area (Å²) < 4.78 is 36.5. The molecule has 0 saturated heterocycles. The molecule has 1 aromatic heterocycles. The standard InChI is InChI=1S/C7H9F3N2O/c1-4-6(13)5(2)12(11-4)3-7(8,9)10/h13H,3H2,1-2H3. The van der Waals surface area contributed by atoms with E-state index in [1.807, 2.05) is 0 Å². The summed E-state index contributed by atoms with van der Waals surface area (Å²) in [5.41, 5.74) is 0.344. The number of aromatic nitrogens is 2. The van der Waals surface area contributed by atoms with Gasteiger partial charge in [-0.25, -0.2) is 0 Å². The predicted molar refractivity (Wildman–Crippen MR) is 39.4 cm³/mol. The molecule has 0 amide bonds. The van der Waals surface area contributed by atoms with Gasteiger partial charge in [0, 0.05) is 0 Å². The summed E-state index contributed by atoms with van der Waals surface area (Å²) >= 11 is 0. The van der Waals surface area contributed by atoms with Crippen molar-refractivity contribution in [2.24, 2.45) is 0 Å². The van der Waals surface area contributed by atoms with Gasteiger partial charge in [0.25, 0.3) is 0 Å². The van der Waals surface area contributed by atoms with E-state index in [2.05, 4.69) is 5.10 Å². The van der Waals surface area contributed by atoms with Gasteiger partial charge in [-0.3, -0.25) is 4.68 Å². The maximum Gasteiger partial charge on any atom is 0.408 e. The molecule has 0 atom stereocenters. The van der Waals surface area contributed by atoms with Crippen molar-refractivity contribution in [1.82, 2.24) is 9.78 Å². The van der Waals surface area contributed by atoms with Gasteiger partial charge >= 0.3 is 6.18 Å². The van der Waals surface area contributed by atoms with Crippen molar-refractivity contribution < 1.29 is 18.3 Å². The molecule has 0 aliphatic carbocycles. The zero-order valence-electron chi connectivity index (χ0n) is 7.18. The molecule has 0 unspecified atom stereocenters. The first kappa shape index (κ1) is 9.88. The first-order valence-electron chi connectivity index (χ1n) is 3.61. The number of hydrogen-bond donors (Lipinski definition) is 1.